The number of carbonyl (C=O) groups is 6. The molecule has 0 saturated heterocycles. The summed E-state index contributed by atoms with van der Waals surface area (Å²) >= 11 is 1.13. The maximum atomic E-state index is 14.2. The van der Waals surface area contributed by atoms with Crippen LogP contribution in [0.25, 0.3) is 34.7 Å². The first-order valence-corrected chi connectivity index (χ1v) is 34.4. The van der Waals surface area contributed by atoms with Gasteiger partial charge in [-0.15, -0.1) is 11.8 Å². The lowest BCUT2D eigenvalue weighted by Crippen LogP contribution is -2.34. The van der Waals surface area contributed by atoms with Gasteiger partial charge in [0.2, 0.25) is 5.75 Å². The van der Waals surface area contributed by atoms with Gasteiger partial charge in [-0.2, -0.15) is 5.10 Å². The van der Waals surface area contributed by atoms with Crippen LogP contribution in [0.5, 0.6) is 40.2 Å². The van der Waals surface area contributed by atoms with Crippen LogP contribution in [-0.2, 0) is 27.2 Å². The van der Waals surface area contributed by atoms with Crippen LogP contribution < -0.4 is 65.1 Å². The number of ether oxygens (including phenoxy) is 7. The summed E-state index contributed by atoms with van der Waals surface area (Å²) in [6.45, 7) is 5.11. The fourth-order valence-corrected chi connectivity index (χ4v) is 13.6. The van der Waals surface area contributed by atoms with Crippen molar-refractivity contribution in [1.82, 2.24) is 36.1 Å². The molecule has 0 radical (unpaired) electrons. The lowest BCUT2D eigenvalue weighted by atomic mass is 9.86. The Morgan fingerprint density at radius 3 is 1.48 bits per heavy atom. The molecular weight excluding hydrogens is 1430 g/mol. The number of H-pyrrole nitrogens is 1. The fourth-order valence-electron chi connectivity index (χ4n) is 12.8. The Morgan fingerprint density at radius 2 is 1.03 bits per heavy atom. The van der Waals surface area contributed by atoms with Crippen LogP contribution in [0.1, 0.15) is 88.4 Å². The number of amides is 6. The van der Waals surface area contributed by atoms with E-state index in [1.165, 1.54) is 97.6 Å². The monoisotopic (exact) mass is 1510 g/mol. The largest absolute Gasteiger partial charge is 0.496 e. The van der Waals surface area contributed by atoms with Crippen molar-refractivity contribution in [1.29, 1.82) is 0 Å². The average Bonchev–Trinajstić information content (AvgIpc) is 1.63. The zero-order valence-electron chi connectivity index (χ0n) is 60.2. The number of carboxylic acids is 3. The molecule has 10 N–H and O–H groups in total. The molecule has 0 saturated carbocycles. The first kappa shape index (κ1) is 78.3. The van der Waals surface area contributed by atoms with Gasteiger partial charge in [-0.1, -0.05) is 25.1 Å². The van der Waals surface area contributed by atoms with E-state index in [1.807, 2.05) is 45.1 Å². The number of aliphatic carboxylic acids is 3. The third kappa shape index (κ3) is 19.1. The van der Waals surface area contributed by atoms with Gasteiger partial charge < -0.3 is 75.1 Å². The first-order valence-electron chi connectivity index (χ1n) is 33.4. The smallest absolute Gasteiger partial charge is 0.341 e. The minimum atomic E-state index is -1.14. The minimum absolute atomic E-state index is 0.0232. The molecule has 0 aliphatic heterocycles. The number of nitrogens with zero attached hydrogens (tertiary/aromatic N) is 3. The molecule has 0 bridgehead atoms. The van der Waals surface area contributed by atoms with E-state index in [0.717, 1.165) is 56.3 Å². The Labute approximate surface area is 627 Å². The molecule has 3 aromatic heterocycles. The number of anilines is 3. The number of nitrogens with one attached hydrogen (secondary N) is 7. The molecule has 6 amide bonds. The number of rotatable bonds is 24. The number of halogens is 3. The summed E-state index contributed by atoms with van der Waals surface area (Å²) in [5.41, 5.74) is 11.8. The van der Waals surface area contributed by atoms with Crippen LogP contribution >= 0.6 is 11.8 Å². The van der Waals surface area contributed by atoms with Crippen molar-refractivity contribution in [3.63, 3.8) is 0 Å². The van der Waals surface area contributed by atoms with Gasteiger partial charge >= 0.3 is 36.0 Å². The van der Waals surface area contributed by atoms with Crippen LogP contribution in [-0.4, -0.2) is 127 Å². The van der Waals surface area contributed by atoms with Crippen LogP contribution in [0.4, 0.5) is 44.7 Å². The number of fused-ring (bicyclic) bond motifs is 3. The van der Waals surface area contributed by atoms with Gasteiger partial charge in [0.15, 0.2) is 18.1 Å². The van der Waals surface area contributed by atoms with Gasteiger partial charge in [0, 0.05) is 35.2 Å². The number of aromatic nitrogens is 4. The summed E-state index contributed by atoms with van der Waals surface area (Å²) in [6.07, 6.45) is 11.8. The van der Waals surface area contributed by atoms with Gasteiger partial charge in [-0.25, -0.2) is 32.3 Å². The van der Waals surface area contributed by atoms with Crippen molar-refractivity contribution < 1.29 is 90.4 Å². The highest BCUT2D eigenvalue weighted by molar-refractivity contribution is 8.00. The molecule has 12 rings (SSSR count). The number of methoxy groups -OCH3 is 6. The summed E-state index contributed by atoms with van der Waals surface area (Å²) in [5, 5.41) is 50.6. The third-order valence-corrected chi connectivity index (χ3v) is 18.7. The van der Waals surface area contributed by atoms with Crippen molar-refractivity contribution >= 4 is 99.6 Å². The van der Waals surface area contributed by atoms with E-state index in [-0.39, 0.29) is 47.1 Å². The Hall–Kier alpha value is -13.3. The number of hydrogen-bond acceptors (Lipinski definition) is 17. The Balaban J connectivity index is 0.000000174. The van der Waals surface area contributed by atoms with Crippen LogP contribution in [0.3, 0.4) is 0 Å². The Bertz CT molecular complexity index is 4990. The van der Waals surface area contributed by atoms with Gasteiger partial charge in [-0.05, 0) is 203 Å². The Kier molecular flexibility index (Phi) is 25.7. The van der Waals surface area contributed by atoms with E-state index in [0.29, 0.717) is 96.3 Å². The number of hydrogen-bond donors (Lipinski definition) is 10. The summed E-state index contributed by atoms with van der Waals surface area (Å²) in [7, 11) is 8.83. The molecule has 3 aliphatic rings. The third-order valence-electron chi connectivity index (χ3n) is 17.7. The molecule has 564 valence electrons. The van der Waals surface area contributed by atoms with Gasteiger partial charge in [0.05, 0.1) is 107 Å². The predicted molar refractivity (Wildman–Crippen MR) is 403 cm³/mol. The summed E-state index contributed by atoms with van der Waals surface area (Å²) in [4.78, 5) is 80.0. The normalized spacial score (nSPS) is 15.0. The van der Waals surface area contributed by atoms with Crippen molar-refractivity contribution in [3.8, 4) is 40.2 Å². The molecule has 0 spiro atoms. The maximum absolute atomic E-state index is 14.2. The molecule has 3 heterocycles. The number of carboxylic acid groups (broad SMARTS) is 3. The van der Waals surface area contributed by atoms with E-state index in [2.05, 4.69) is 52.1 Å². The van der Waals surface area contributed by atoms with Crippen LogP contribution in [0.15, 0.2) is 168 Å². The number of carbonyl (C=O) groups excluding carboxylic acids is 3. The molecule has 3 atom stereocenters. The predicted octanol–water partition coefficient (Wildman–Crippen LogP) is 14.4. The lowest BCUT2D eigenvalue weighted by Gasteiger charge is -2.23. The minimum Gasteiger partial charge on any atom is -0.496 e. The molecule has 3 unspecified atom stereocenters. The highest BCUT2D eigenvalue weighted by Gasteiger charge is 2.40. The van der Waals surface area contributed by atoms with Gasteiger partial charge in [-0.3, -0.25) is 30.0 Å². The number of allylic oxidation sites excluding steroid dienone is 4. The van der Waals surface area contributed by atoms with E-state index in [4.69, 9.17) is 43.4 Å². The zero-order valence-corrected chi connectivity index (χ0v) is 61.0. The number of thioether (sulfide) groups is 1. The number of urea groups is 3. The van der Waals surface area contributed by atoms with Crippen LogP contribution in [0, 0.1) is 23.4 Å². The molecule has 30 heteroatoms. The standard InChI is InChI=1S/C27H24FN3O6.C27H24FN3O5.C25H27FN4O5S/c1-15-20(9-16-10-22(35-2)26(23(11-16)36-3)37-14-24(32)33)19-7-6-17(28)12-21(19)25(15)31-27(34)30-18-5-4-8-29-13-18;1-15-20(9-16-10-23(35-2)22(13-25(32)33)24(11-16)36-3)19-7-6-17(28)12-21(19)26(15)31-27(34)30-18-5-4-8-29-14-18;1-13-17(8-14-9-19(34-2)24(20(10-14)35-3)36-12-22(31)32)16-5-4-15(26)11-18(16)23(13)29-25(33)28-21-6-7-27-30-21/h4-13H,14H2,1-3H3,(H,32,33)(H2,30,31,34);4-12,14H,13H2,1-3H3,(H,32,33)(H2,30,31,34);4-7,9-11,13,17,23H,8,12H2,1-3H3,(H,31,32)(H3,27,28,29,30,33)/b2*20-9-;. The van der Waals surface area contributed by atoms with Gasteiger partial charge in [0.25, 0.3) is 0 Å². The van der Waals surface area contributed by atoms with Gasteiger partial charge in [0.1, 0.15) is 46.3 Å². The zero-order chi connectivity index (χ0) is 78.2. The van der Waals surface area contributed by atoms with E-state index in [9.17, 15) is 47.0 Å². The highest BCUT2D eigenvalue weighted by atomic mass is 32.2. The van der Waals surface area contributed by atoms with E-state index in [1.54, 1.807) is 85.2 Å². The molecule has 9 aromatic rings. The maximum Gasteiger partial charge on any atom is 0.341 e. The molecular formula is C79H75F3N10O16S. The quantitative estimate of drug-likeness (QED) is 0.0251. The second-order valence-electron chi connectivity index (χ2n) is 24.6. The number of aromatic amines is 1. The molecule has 3 aliphatic carbocycles. The second kappa shape index (κ2) is 35.7. The first-order chi connectivity index (χ1) is 52.4. The summed E-state index contributed by atoms with van der Waals surface area (Å²) in [5.74, 6) is -1.58. The van der Waals surface area contributed by atoms with Crippen molar-refractivity contribution in [3.05, 3.63) is 237 Å². The fraction of sp³-hybridized carbons (Fsp3) is 0.203. The molecule has 6 aromatic carbocycles. The molecule has 26 nitrogen and oxygen atoms in total. The highest BCUT2D eigenvalue weighted by Crippen LogP contribution is 2.50. The van der Waals surface area contributed by atoms with Crippen LogP contribution in [0.2, 0.25) is 0 Å². The Morgan fingerprint density at radius 1 is 0.532 bits per heavy atom. The average molecular weight is 1510 g/mol. The number of benzene rings is 6. The van der Waals surface area contributed by atoms with E-state index >= 15 is 0 Å². The van der Waals surface area contributed by atoms with E-state index < -0.39 is 60.3 Å². The second-order valence-corrected chi connectivity index (χ2v) is 25.5. The molecule has 0 fully saturated rings. The lowest BCUT2D eigenvalue weighted by molar-refractivity contribution is -0.139. The van der Waals surface area contributed by atoms with Crippen molar-refractivity contribution in [2.24, 2.45) is 5.92 Å². The summed E-state index contributed by atoms with van der Waals surface area (Å²) < 4.78 is 80.7. The SMILES string of the molecule is COc1cc(/C=C2/C(C)=C(NC(=O)Nc3cccnc3)c3cc(F)ccc32)cc(OC)c1CC(=O)O.COc1cc(/C=C2/C(C)=C(NC(=O)Nc3cccnc3)c3cc(F)ccc32)cc(OC)c1OCC(=O)O.COc1cc(CC2c3ccc(F)cc3C(NC(=O)Nc3ccn[nH]3)C2C)cc(OC)c1SCC(=O)O. The molecule has 109 heavy (non-hydrogen) atoms. The van der Waals surface area contributed by atoms with Crippen molar-refractivity contribution in [2.45, 2.75) is 50.5 Å². The number of pyridine rings is 2. The summed E-state index contributed by atoms with van der Waals surface area (Å²) in [6, 6.07) is 30.5. The topological polar surface area (TPSA) is 354 Å². The van der Waals surface area contributed by atoms with Crippen molar-refractivity contribution in [2.75, 3.05) is 71.0 Å².